The largest absolute Gasteiger partial charge is 0.417 e. The lowest BCUT2D eigenvalue weighted by Crippen LogP contribution is -2.65. The van der Waals surface area contributed by atoms with Crippen LogP contribution in [0.5, 0.6) is 0 Å². The second-order valence-corrected chi connectivity index (χ2v) is 30.5. The molecule has 12 amide bonds. The van der Waals surface area contributed by atoms with Gasteiger partial charge in [0.15, 0.2) is 0 Å². The van der Waals surface area contributed by atoms with Crippen molar-refractivity contribution < 1.29 is 75.4 Å². The van der Waals surface area contributed by atoms with E-state index in [0.717, 1.165) is 78.2 Å². The number of amides is 12. The van der Waals surface area contributed by atoms with Crippen molar-refractivity contribution in [2.45, 2.75) is 247 Å². The summed E-state index contributed by atoms with van der Waals surface area (Å²) < 4.78 is 47.6. The maximum atomic E-state index is 15.9. The molecule has 7 aliphatic rings. The van der Waals surface area contributed by atoms with Crippen molar-refractivity contribution in [3.63, 3.8) is 0 Å². The second-order valence-electron chi connectivity index (χ2n) is 30.1. The third-order valence-corrected chi connectivity index (χ3v) is 23.4. The van der Waals surface area contributed by atoms with Gasteiger partial charge >= 0.3 is 6.18 Å². The maximum Gasteiger partial charge on any atom is 0.417 e. The molecule has 1 spiro atoms. The van der Waals surface area contributed by atoms with Crippen LogP contribution in [0, 0.1) is 17.8 Å². The Morgan fingerprint density at radius 1 is 0.637 bits per heavy atom. The zero-order valence-electron chi connectivity index (χ0n) is 61.4. The molecule has 25 nitrogen and oxygen atoms in total. The van der Waals surface area contributed by atoms with E-state index in [0.29, 0.717) is 63.4 Å². The highest BCUT2D eigenvalue weighted by molar-refractivity contribution is 6.31. The van der Waals surface area contributed by atoms with Crippen molar-refractivity contribution >= 4 is 82.5 Å². The molecule has 0 radical (unpaired) electrons. The molecule has 29 heteroatoms. The lowest BCUT2D eigenvalue weighted by molar-refractivity contribution is -0.159. The molecule has 7 fully saturated rings. The van der Waals surface area contributed by atoms with Gasteiger partial charge in [0.25, 0.3) is 0 Å². The van der Waals surface area contributed by atoms with E-state index < -0.39 is 173 Å². The summed E-state index contributed by atoms with van der Waals surface area (Å²) >= 11 is 6.17. The third kappa shape index (κ3) is 19.1. The normalized spacial score (nSPS) is 28.5. The number of aryl methyl sites for hydroxylation is 1. The van der Waals surface area contributed by atoms with Crippen LogP contribution in [0.3, 0.4) is 0 Å². The van der Waals surface area contributed by atoms with Crippen LogP contribution in [0.25, 0.3) is 0 Å². The Balaban J connectivity index is 1.17. The molecule has 1 aromatic rings. The topological polar surface area (TPSA) is 279 Å². The van der Waals surface area contributed by atoms with Crippen LogP contribution >= 0.6 is 11.6 Å². The number of likely N-dealkylation sites (N-methyl/N-ethyl adjacent to an activating group) is 7. The number of alkyl halides is 3. The summed E-state index contributed by atoms with van der Waals surface area (Å²) in [6, 6.07) is -6.27. The number of fused-ring (bicyclic) bond motifs is 3. The number of nitrogens with zero attached hydrogens (tertiary/aromatic N) is 9. The number of benzene rings is 1. The first kappa shape index (κ1) is 80.6. The number of carbonyl (C=O) groups excluding carboxylic acids is 12. The van der Waals surface area contributed by atoms with Gasteiger partial charge in [-0.2, -0.15) is 13.2 Å². The van der Waals surface area contributed by atoms with Gasteiger partial charge in [-0.1, -0.05) is 115 Å². The molecule has 3 N–H and O–H groups in total. The van der Waals surface area contributed by atoms with Gasteiger partial charge in [0.2, 0.25) is 70.9 Å². The van der Waals surface area contributed by atoms with Crippen LogP contribution < -0.4 is 16.0 Å². The number of halogens is 4. The fourth-order valence-corrected chi connectivity index (χ4v) is 16.9. The summed E-state index contributed by atoms with van der Waals surface area (Å²) in [6.07, 6.45) is 6.41. The summed E-state index contributed by atoms with van der Waals surface area (Å²) in [7, 11) is 10.0. The van der Waals surface area contributed by atoms with E-state index in [1.807, 2.05) is 13.8 Å². The van der Waals surface area contributed by atoms with Crippen molar-refractivity contribution in [2.75, 3.05) is 88.7 Å². The van der Waals surface area contributed by atoms with E-state index in [-0.39, 0.29) is 82.7 Å². The van der Waals surface area contributed by atoms with Crippen molar-refractivity contribution in [1.82, 2.24) is 60.0 Å². The van der Waals surface area contributed by atoms with E-state index in [9.17, 15) is 41.9 Å². The Morgan fingerprint density at radius 3 is 1.85 bits per heavy atom. The molecule has 10 atom stereocenters. The van der Waals surface area contributed by atoms with Crippen molar-refractivity contribution in [3.05, 3.63) is 34.3 Å². The second kappa shape index (κ2) is 35.6. The van der Waals surface area contributed by atoms with E-state index >= 15 is 28.8 Å². The predicted octanol–water partition coefficient (Wildman–Crippen LogP) is 5.55. The first-order valence-corrected chi connectivity index (χ1v) is 37.5. The molecule has 8 rings (SSSR count). The highest BCUT2D eigenvalue weighted by atomic mass is 35.5. The van der Waals surface area contributed by atoms with Crippen molar-refractivity contribution in [3.8, 4) is 0 Å². The molecule has 4 saturated heterocycles. The highest BCUT2D eigenvalue weighted by Crippen LogP contribution is 2.39. The van der Waals surface area contributed by atoms with Gasteiger partial charge in [-0.25, -0.2) is 0 Å². The Kier molecular flexibility index (Phi) is 28.1. The van der Waals surface area contributed by atoms with Crippen LogP contribution in [-0.2, 0) is 74.9 Å². The van der Waals surface area contributed by atoms with Gasteiger partial charge in [0.1, 0.15) is 47.8 Å². The number of hydrogen-bond acceptors (Lipinski definition) is 13. The molecule has 0 aromatic heterocycles. The number of morpholine rings is 1. The minimum absolute atomic E-state index is 0.0179. The summed E-state index contributed by atoms with van der Waals surface area (Å²) in [5.41, 5.74) is -2.35. The average molecular weight is 1460 g/mol. The molecule has 102 heavy (non-hydrogen) atoms. The molecule has 2 bridgehead atoms. The summed E-state index contributed by atoms with van der Waals surface area (Å²) in [5, 5.41) is 8.19. The highest BCUT2D eigenvalue weighted by Gasteiger charge is 2.53. The zero-order chi connectivity index (χ0) is 74.7. The average Bonchev–Trinajstić information content (AvgIpc) is 1.46. The standard InChI is InChI=1S/C73H110ClF3N12O13/c1-11-22-54-64(94)79-62(45(3)12-2)69(99)83(6)41-60(92)81(4)42-61(93)85(8)56(38-46-23-15-13-16-24-46)67(97)82(5)40-58(90)78-53(33-29-47-28-32-51(52(74)37-47)73(75,76)77)66(96)88-36-21-27-55(88)65(95)80-72(34-19-20-35-72)71(101)87(10)63(48-25-17-14-18-26-48)70(100)86(9)57(39-59(91)84(54)7)68(98)89-49-30-31-50(89)44-102-43-49/h28,32,37,45-46,48-50,53-57,62-63H,11-27,29-31,33-36,38-44H2,1-10H3,(H,78,90)(H,79,94)(H,80,95)/t45-,49?,50?,53-,54-,55?,56-,57-,62-,63-/m0/s1. The van der Waals surface area contributed by atoms with Crippen molar-refractivity contribution in [1.29, 1.82) is 0 Å². The molecule has 568 valence electrons. The van der Waals surface area contributed by atoms with Gasteiger partial charge in [-0.15, -0.1) is 0 Å². The van der Waals surface area contributed by atoms with Crippen LogP contribution in [0.1, 0.15) is 186 Å². The van der Waals surface area contributed by atoms with E-state index in [1.165, 1.54) is 79.9 Å². The van der Waals surface area contributed by atoms with Crippen LogP contribution in [0.2, 0.25) is 5.02 Å². The van der Waals surface area contributed by atoms with Gasteiger partial charge in [-0.05, 0) is 112 Å². The quantitative estimate of drug-likeness (QED) is 0.245. The third-order valence-electron chi connectivity index (χ3n) is 23.0. The van der Waals surface area contributed by atoms with Crippen LogP contribution in [0.4, 0.5) is 13.2 Å². The molecule has 3 saturated carbocycles. The number of carbonyl (C=O) groups is 12. The monoisotopic (exact) mass is 1450 g/mol. The molecule has 3 aliphatic carbocycles. The number of ether oxygens (including phenoxy) is 1. The van der Waals surface area contributed by atoms with Crippen LogP contribution in [0.15, 0.2) is 18.2 Å². The first-order chi connectivity index (χ1) is 48.3. The minimum Gasteiger partial charge on any atom is -0.377 e. The zero-order valence-corrected chi connectivity index (χ0v) is 62.2. The lowest BCUT2D eigenvalue weighted by atomic mass is 9.81. The van der Waals surface area contributed by atoms with Crippen LogP contribution in [-0.4, -0.2) is 264 Å². The molecular formula is C73H110ClF3N12O13. The number of nitrogens with one attached hydrogen (secondary N) is 3. The smallest absolute Gasteiger partial charge is 0.377 e. The fraction of sp³-hybridized carbons (Fsp3) is 0.753. The molecular weight excluding hydrogens is 1350 g/mol. The van der Waals surface area contributed by atoms with Gasteiger partial charge < -0.3 is 64.8 Å². The Labute approximate surface area is 603 Å². The Hall–Kier alpha value is -7.10. The number of rotatable bonds is 11. The van der Waals surface area contributed by atoms with E-state index in [2.05, 4.69) is 16.0 Å². The summed E-state index contributed by atoms with van der Waals surface area (Å²) in [5.74, 6) is -8.61. The molecule has 4 heterocycles. The summed E-state index contributed by atoms with van der Waals surface area (Å²) in [4.78, 5) is 192. The molecule has 1 aromatic carbocycles. The summed E-state index contributed by atoms with van der Waals surface area (Å²) in [6.45, 7) is 4.27. The number of hydrogen-bond donors (Lipinski definition) is 3. The molecule has 3 unspecified atom stereocenters. The lowest BCUT2D eigenvalue weighted by Gasteiger charge is -2.44. The predicted molar refractivity (Wildman–Crippen MR) is 373 cm³/mol. The SMILES string of the molecule is CCC[C@H]1C(=O)N[C@@H]([C@@H](C)CC)C(=O)N(C)CC(=O)N(C)CC(=O)N(C)[C@@H](CC2CCCCC2)C(=O)N(C)CC(=O)N[C@@H](CCc2ccc(C(F)(F)F)c(Cl)c2)C(=O)N2CCCC2C(=O)NC2(CCCC2)C(=O)N(C)[C@@H](C2CCCCC2)C(=O)N(C)[C@H](C(=O)N2C3CCC2COC3)CC(=O)N1C. The van der Waals surface area contributed by atoms with E-state index in [1.54, 1.807) is 11.8 Å². The van der Waals surface area contributed by atoms with Gasteiger partial charge in [0.05, 0.1) is 61.9 Å². The Bertz CT molecular complexity index is 3200. The molecule has 4 aliphatic heterocycles. The Morgan fingerprint density at radius 2 is 1.25 bits per heavy atom. The van der Waals surface area contributed by atoms with E-state index in [4.69, 9.17) is 16.3 Å². The first-order valence-electron chi connectivity index (χ1n) is 37.1. The van der Waals surface area contributed by atoms with Crippen molar-refractivity contribution in [2.24, 2.45) is 17.8 Å². The fourth-order valence-electron chi connectivity index (χ4n) is 16.6. The van der Waals surface area contributed by atoms with Gasteiger partial charge in [0, 0.05) is 55.9 Å². The maximum absolute atomic E-state index is 15.9. The minimum atomic E-state index is -4.76. The van der Waals surface area contributed by atoms with Gasteiger partial charge in [-0.3, -0.25) is 57.5 Å².